The average Bonchev–Trinajstić information content (AvgIpc) is 2.68. The molecule has 2 unspecified atom stereocenters. The predicted molar refractivity (Wildman–Crippen MR) is 102 cm³/mol. The van der Waals surface area contributed by atoms with E-state index < -0.39 is 11.9 Å². The van der Waals surface area contributed by atoms with Crippen LogP contribution in [0.5, 0.6) is 11.5 Å². The van der Waals surface area contributed by atoms with Gasteiger partial charge >= 0.3 is 5.97 Å². The van der Waals surface area contributed by atoms with Crippen LogP contribution in [-0.2, 0) is 20.7 Å². The summed E-state index contributed by atoms with van der Waals surface area (Å²) >= 11 is 0. The number of fused-ring (bicyclic) bond motifs is 1. The Kier molecular flexibility index (Phi) is 6.14. The van der Waals surface area contributed by atoms with Crippen molar-refractivity contribution in [3.63, 3.8) is 0 Å². The van der Waals surface area contributed by atoms with E-state index >= 15 is 0 Å². The van der Waals surface area contributed by atoms with Crippen LogP contribution in [0.25, 0.3) is 0 Å². The van der Waals surface area contributed by atoms with E-state index in [1.165, 1.54) is 12.7 Å². The molecule has 2 aliphatic rings. The van der Waals surface area contributed by atoms with Crippen molar-refractivity contribution in [3.8, 4) is 11.5 Å². The topological polar surface area (TPSA) is 74.2 Å². The number of ether oxygens (including phenoxy) is 3. The van der Waals surface area contributed by atoms with E-state index in [1.807, 2.05) is 26.0 Å². The minimum absolute atomic E-state index is 0.0311. The molecule has 1 fully saturated rings. The summed E-state index contributed by atoms with van der Waals surface area (Å²) in [7, 11) is 1.33. The zero-order valence-corrected chi connectivity index (χ0v) is 16.2. The molecule has 1 heterocycles. The van der Waals surface area contributed by atoms with Gasteiger partial charge in [-0.05, 0) is 50.8 Å². The second kappa shape index (κ2) is 8.55. The lowest BCUT2D eigenvalue weighted by Crippen LogP contribution is -2.36. The third kappa shape index (κ3) is 3.99. The van der Waals surface area contributed by atoms with Gasteiger partial charge in [0.2, 0.25) is 0 Å². The summed E-state index contributed by atoms with van der Waals surface area (Å²) in [6.45, 7) is 5.72. The van der Waals surface area contributed by atoms with Crippen LogP contribution < -0.4 is 9.47 Å². The average molecular weight is 373 g/mol. The summed E-state index contributed by atoms with van der Waals surface area (Å²) in [5.74, 6) is 0.378. The highest BCUT2D eigenvalue weighted by atomic mass is 16.5. The van der Waals surface area contributed by atoms with Crippen molar-refractivity contribution in [1.29, 1.82) is 0 Å². The number of hydrogen-bond donors (Lipinski definition) is 0. The maximum Gasteiger partial charge on any atom is 0.316 e. The number of carbonyl (C=O) groups is 2. The second-order valence-electron chi connectivity index (χ2n) is 6.85. The summed E-state index contributed by atoms with van der Waals surface area (Å²) in [6, 6.07) is 4.05. The number of benzene rings is 1. The third-order valence-electron chi connectivity index (χ3n) is 5.23. The van der Waals surface area contributed by atoms with Crippen molar-refractivity contribution in [1.82, 2.24) is 0 Å². The van der Waals surface area contributed by atoms with E-state index in [9.17, 15) is 9.59 Å². The Morgan fingerprint density at radius 1 is 1.15 bits per heavy atom. The number of methoxy groups -OCH3 is 1. The van der Waals surface area contributed by atoms with Crippen molar-refractivity contribution >= 4 is 17.5 Å². The highest BCUT2D eigenvalue weighted by molar-refractivity contribution is 6.07. The lowest BCUT2D eigenvalue weighted by Gasteiger charge is -2.30. The van der Waals surface area contributed by atoms with Crippen LogP contribution >= 0.6 is 0 Å². The van der Waals surface area contributed by atoms with Crippen LogP contribution in [0.1, 0.15) is 44.2 Å². The van der Waals surface area contributed by atoms with Crippen LogP contribution in [0.2, 0.25) is 0 Å². The molecule has 27 heavy (non-hydrogen) atoms. The second-order valence-corrected chi connectivity index (χ2v) is 6.85. The van der Waals surface area contributed by atoms with Crippen molar-refractivity contribution in [2.24, 2.45) is 16.8 Å². The van der Waals surface area contributed by atoms with Gasteiger partial charge < -0.3 is 14.2 Å². The van der Waals surface area contributed by atoms with Gasteiger partial charge in [-0.3, -0.25) is 14.6 Å². The molecule has 3 rings (SSSR count). The minimum Gasteiger partial charge on any atom is -0.490 e. The Bertz CT molecular complexity index is 747. The van der Waals surface area contributed by atoms with E-state index in [1.54, 1.807) is 0 Å². The summed E-state index contributed by atoms with van der Waals surface area (Å²) in [4.78, 5) is 28.9. The molecular weight excluding hydrogens is 346 g/mol. The molecule has 146 valence electrons. The number of Topliss-reactive ketones (excluding diaryl/α,β-unsaturated/α-hetero) is 1. The van der Waals surface area contributed by atoms with Crippen LogP contribution in [0.4, 0.5) is 0 Å². The molecule has 6 nitrogen and oxygen atoms in total. The van der Waals surface area contributed by atoms with E-state index in [4.69, 9.17) is 19.2 Å². The molecular formula is C21H27NO5. The molecule has 0 saturated heterocycles. The number of carbonyl (C=O) groups excluding carboxylic acids is 2. The number of hydrogen-bond acceptors (Lipinski definition) is 6. The summed E-state index contributed by atoms with van der Waals surface area (Å²) in [5, 5.41) is 0. The van der Waals surface area contributed by atoms with Gasteiger partial charge in [0.15, 0.2) is 11.5 Å². The molecule has 1 aliphatic carbocycles. The first-order valence-corrected chi connectivity index (χ1v) is 9.66. The molecule has 0 radical (unpaired) electrons. The summed E-state index contributed by atoms with van der Waals surface area (Å²) in [5.41, 5.74) is 3.20. The molecule has 1 saturated carbocycles. The SMILES string of the molecule is CCOc1cc2c(cc1OCC)C(C1CCC(=O)C(C(=O)OC)C1)=NCC2. The maximum absolute atomic E-state index is 12.1. The molecule has 1 aromatic carbocycles. The first-order valence-electron chi connectivity index (χ1n) is 9.66. The van der Waals surface area contributed by atoms with Crippen LogP contribution in [-0.4, -0.2) is 44.3 Å². The molecule has 6 heteroatoms. The Balaban J connectivity index is 1.92. The number of aliphatic imine (C=N–C) groups is 1. The lowest BCUT2D eigenvalue weighted by molar-refractivity contribution is -0.151. The fraction of sp³-hybridized carbons (Fsp3) is 0.571. The van der Waals surface area contributed by atoms with Gasteiger partial charge in [-0.2, -0.15) is 0 Å². The van der Waals surface area contributed by atoms with Gasteiger partial charge in [-0.15, -0.1) is 0 Å². The van der Waals surface area contributed by atoms with Gasteiger partial charge in [0, 0.05) is 30.2 Å². The van der Waals surface area contributed by atoms with Crippen molar-refractivity contribution in [2.75, 3.05) is 26.9 Å². The lowest BCUT2D eigenvalue weighted by atomic mass is 9.75. The Labute approximate surface area is 159 Å². The molecule has 0 amide bonds. The zero-order valence-electron chi connectivity index (χ0n) is 16.2. The largest absolute Gasteiger partial charge is 0.490 e. The van der Waals surface area contributed by atoms with E-state index in [-0.39, 0.29) is 11.7 Å². The van der Waals surface area contributed by atoms with Crippen LogP contribution in [0.3, 0.4) is 0 Å². The van der Waals surface area contributed by atoms with Gasteiger partial charge in [0.05, 0.1) is 20.3 Å². The van der Waals surface area contributed by atoms with Crippen molar-refractivity contribution in [2.45, 2.75) is 39.5 Å². The summed E-state index contributed by atoms with van der Waals surface area (Å²) in [6.07, 6.45) is 2.40. The highest BCUT2D eigenvalue weighted by Crippen LogP contribution is 2.37. The first kappa shape index (κ1) is 19.4. The number of ketones is 1. The maximum atomic E-state index is 12.1. The number of esters is 1. The standard InChI is InChI=1S/C21H27NO5/c1-4-26-18-11-13-8-9-22-20(15(13)12-19(18)27-5-2)14-6-7-17(23)16(10-14)21(24)25-3/h11-12,14,16H,4-10H2,1-3H3. The molecule has 1 aromatic rings. The van der Waals surface area contributed by atoms with Gasteiger partial charge in [0.1, 0.15) is 11.7 Å². The molecule has 0 bridgehead atoms. The fourth-order valence-electron chi connectivity index (χ4n) is 3.96. The van der Waals surface area contributed by atoms with Crippen LogP contribution in [0, 0.1) is 11.8 Å². The molecule has 2 atom stereocenters. The Morgan fingerprint density at radius 3 is 2.52 bits per heavy atom. The monoisotopic (exact) mass is 373 g/mol. The third-order valence-corrected chi connectivity index (χ3v) is 5.23. The van der Waals surface area contributed by atoms with E-state index in [0.717, 1.165) is 23.4 Å². The smallest absolute Gasteiger partial charge is 0.316 e. The zero-order chi connectivity index (χ0) is 19.4. The number of nitrogens with zero attached hydrogens (tertiary/aromatic N) is 1. The van der Waals surface area contributed by atoms with E-state index in [2.05, 4.69) is 0 Å². The highest BCUT2D eigenvalue weighted by Gasteiger charge is 2.37. The fourth-order valence-corrected chi connectivity index (χ4v) is 3.96. The van der Waals surface area contributed by atoms with Gasteiger partial charge in [0.25, 0.3) is 0 Å². The number of rotatable bonds is 6. The molecule has 0 N–H and O–H groups in total. The van der Waals surface area contributed by atoms with Crippen molar-refractivity contribution < 1.29 is 23.8 Å². The predicted octanol–water partition coefficient (Wildman–Crippen LogP) is 2.99. The Hall–Kier alpha value is -2.37. The molecule has 0 aromatic heterocycles. The van der Waals surface area contributed by atoms with E-state index in [0.29, 0.717) is 44.8 Å². The van der Waals surface area contributed by atoms with Gasteiger partial charge in [-0.1, -0.05) is 0 Å². The summed E-state index contributed by atoms with van der Waals surface area (Å²) < 4.78 is 16.3. The minimum atomic E-state index is -0.684. The van der Waals surface area contributed by atoms with Gasteiger partial charge in [-0.25, -0.2) is 0 Å². The molecule has 1 aliphatic heterocycles. The van der Waals surface area contributed by atoms with Crippen LogP contribution in [0.15, 0.2) is 17.1 Å². The van der Waals surface area contributed by atoms with Crippen molar-refractivity contribution in [3.05, 3.63) is 23.3 Å². The molecule has 0 spiro atoms. The quantitative estimate of drug-likeness (QED) is 0.566. The first-order chi connectivity index (χ1) is 13.1. The normalized spacial score (nSPS) is 21.9. The Morgan fingerprint density at radius 2 is 1.85 bits per heavy atom.